The van der Waals surface area contributed by atoms with E-state index in [4.69, 9.17) is 10.5 Å². The Balaban J connectivity index is 2.68. The first kappa shape index (κ1) is 16.6. The number of hydrogen-bond donors (Lipinski definition) is 1. The lowest BCUT2D eigenvalue weighted by Crippen LogP contribution is -2.33. The number of carbonyl (C=O) groups is 1. The number of rotatable bonds is 9. The van der Waals surface area contributed by atoms with Crippen LogP contribution < -0.4 is 10.6 Å². The van der Waals surface area contributed by atoms with Crippen LogP contribution in [0.3, 0.4) is 0 Å². The Hall–Kier alpha value is -1.46. The zero-order chi connectivity index (χ0) is 14.8. The highest BCUT2D eigenvalue weighted by atomic mass is 19.1. The number of hydrogen-bond acceptors (Lipinski definition) is 3. The van der Waals surface area contributed by atoms with Gasteiger partial charge in [-0.05, 0) is 38.4 Å². The molecular formula is C15H23FN2O2. The first-order chi connectivity index (χ1) is 9.70. The molecule has 1 aromatic rings. The molecule has 0 aromatic heterocycles. The van der Waals surface area contributed by atoms with Crippen molar-refractivity contribution in [2.24, 2.45) is 5.73 Å². The molecule has 1 rings (SSSR count). The van der Waals surface area contributed by atoms with Gasteiger partial charge in [-0.15, -0.1) is 0 Å². The van der Waals surface area contributed by atoms with Crippen LogP contribution in [-0.4, -0.2) is 32.2 Å². The zero-order valence-corrected chi connectivity index (χ0v) is 12.0. The molecule has 0 bridgehead atoms. The van der Waals surface area contributed by atoms with E-state index in [1.165, 1.54) is 11.0 Å². The van der Waals surface area contributed by atoms with E-state index in [-0.39, 0.29) is 11.7 Å². The molecule has 0 aliphatic carbocycles. The Morgan fingerprint density at radius 2 is 2.10 bits per heavy atom. The summed E-state index contributed by atoms with van der Waals surface area (Å²) in [5, 5.41) is 0. The SMILES string of the molecule is CCOCCCC(=O)N(CCCN)c1ccccc1F. The zero-order valence-electron chi connectivity index (χ0n) is 12.0. The molecule has 112 valence electrons. The molecule has 0 fully saturated rings. The summed E-state index contributed by atoms with van der Waals surface area (Å²) in [5.74, 6) is -0.481. The highest BCUT2D eigenvalue weighted by Gasteiger charge is 2.17. The molecule has 2 N–H and O–H groups in total. The third kappa shape index (κ3) is 5.27. The Labute approximate surface area is 119 Å². The van der Waals surface area contributed by atoms with E-state index in [1.54, 1.807) is 18.2 Å². The number of carbonyl (C=O) groups excluding carboxylic acids is 1. The lowest BCUT2D eigenvalue weighted by atomic mass is 10.2. The smallest absolute Gasteiger partial charge is 0.227 e. The Morgan fingerprint density at radius 3 is 2.75 bits per heavy atom. The summed E-state index contributed by atoms with van der Waals surface area (Å²) in [6, 6.07) is 6.31. The van der Waals surface area contributed by atoms with Crippen LogP contribution in [-0.2, 0) is 9.53 Å². The predicted octanol–water partition coefficient (Wildman–Crippen LogP) is 2.32. The molecule has 1 aromatic carbocycles. The summed E-state index contributed by atoms with van der Waals surface area (Å²) >= 11 is 0. The summed E-state index contributed by atoms with van der Waals surface area (Å²) in [6.07, 6.45) is 1.63. The fraction of sp³-hybridized carbons (Fsp3) is 0.533. The van der Waals surface area contributed by atoms with Gasteiger partial charge < -0.3 is 15.4 Å². The van der Waals surface area contributed by atoms with Gasteiger partial charge in [-0.2, -0.15) is 0 Å². The maximum Gasteiger partial charge on any atom is 0.227 e. The molecule has 0 spiro atoms. The van der Waals surface area contributed by atoms with E-state index in [0.717, 1.165) is 0 Å². The second kappa shape index (κ2) is 9.44. The molecule has 4 nitrogen and oxygen atoms in total. The van der Waals surface area contributed by atoms with E-state index in [1.807, 2.05) is 6.92 Å². The third-order valence-corrected chi connectivity index (χ3v) is 2.91. The van der Waals surface area contributed by atoms with E-state index in [2.05, 4.69) is 0 Å². The van der Waals surface area contributed by atoms with Crippen LogP contribution >= 0.6 is 0 Å². The first-order valence-electron chi connectivity index (χ1n) is 7.03. The Bertz CT molecular complexity index is 413. The molecule has 0 saturated heterocycles. The summed E-state index contributed by atoms with van der Waals surface area (Å²) in [5.41, 5.74) is 5.80. The van der Waals surface area contributed by atoms with Crippen molar-refractivity contribution in [3.63, 3.8) is 0 Å². The molecule has 20 heavy (non-hydrogen) atoms. The molecule has 0 saturated carbocycles. The van der Waals surface area contributed by atoms with E-state index < -0.39 is 0 Å². The van der Waals surface area contributed by atoms with Gasteiger partial charge in [0.25, 0.3) is 0 Å². The number of nitrogens with zero attached hydrogens (tertiary/aromatic N) is 1. The quantitative estimate of drug-likeness (QED) is 0.707. The molecule has 0 atom stereocenters. The third-order valence-electron chi connectivity index (χ3n) is 2.91. The fourth-order valence-electron chi connectivity index (χ4n) is 1.90. The van der Waals surface area contributed by atoms with Gasteiger partial charge in [-0.25, -0.2) is 4.39 Å². The standard InChI is InChI=1S/C15H23FN2O2/c1-2-20-12-5-9-15(19)18(11-6-10-17)14-8-4-3-7-13(14)16/h3-4,7-8H,2,5-6,9-12,17H2,1H3. The van der Waals surface area contributed by atoms with Crippen molar-refractivity contribution in [1.29, 1.82) is 0 Å². The van der Waals surface area contributed by atoms with E-state index in [9.17, 15) is 9.18 Å². The van der Waals surface area contributed by atoms with Gasteiger partial charge in [0.1, 0.15) is 5.82 Å². The minimum atomic E-state index is -0.386. The maximum absolute atomic E-state index is 13.8. The molecule has 5 heteroatoms. The molecule has 0 heterocycles. The van der Waals surface area contributed by atoms with Crippen LogP contribution in [0.25, 0.3) is 0 Å². The number of anilines is 1. The molecule has 0 unspecified atom stereocenters. The van der Waals surface area contributed by atoms with Gasteiger partial charge in [-0.1, -0.05) is 12.1 Å². The highest BCUT2D eigenvalue weighted by molar-refractivity contribution is 5.93. The Morgan fingerprint density at radius 1 is 1.35 bits per heavy atom. The van der Waals surface area contributed by atoms with Gasteiger partial charge in [0.2, 0.25) is 5.91 Å². The maximum atomic E-state index is 13.8. The van der Waals surface area contributed by atoms with E-state index >= 15 is 0 Å². The summed E-state index contributed by atoms with van der Waals surface area (Å²) in [6.45, 7) is 4.00. The Kier molecular flexibility index (Phi) is 7.84. The van der Waals surface area contributed by atoms with Crippen LogP contribution in [0.4, 0.5) is 10.1 Å². The fourth-order valence-corrected chi connectivity index (χ4v) is 1.90. The van der Waals surface area contributed by atoms with Crippen LogP contribution in [0, 0.1) is 5.82 Å². The number of amides is 1. The number of ether oxygens (including phenoxy) is 1. The lowest BCUT2D eigenvalue weighted by Gasteiger charge is -2.23. The largest absolute Gasteiger partial charge is 0.382 e. The van der Waals surface area contributed by atoms with Crippen molar-refractivity contribution >= 4 is 11.6 Å². The molecule has 0 aliphatic rings. The van der Waals surface area contributed by atoms with Crippen LogP contribution in [0.2, 0.25) is 0 Å². The first-order valence-corrected chi connectivity index (χ1v) is 7.03. The van der Waals surface area contributed by atoms with Gasteiger partial charge in [-0.3, -0.25) is 4.79 Å². The number of benzene rings is 1. The normalized spacial score (nSPS) is 10.6. The average Bonchev–Trinajstić information content (AvgIpc) is 2.46. The summed E-state index contributed by atoms with van der Waals surface area (Å²) < 4.78 is 19.0. The van der Waals surface area contributed by atoms with Crippen molar-refractivity contribution in [3.8, 4) is 0 Å². The minimum absolute atomic E-state index is 0.0942. The minimum Gasteiger partial charge on any atom is -0.382 e. The number of para-hydroxylation sites is 1. The monoisotopic (exact) mass is 282 g/mol. The second-order valence-corrected chi connectivity index (χ2v) is 4.44. The second-order valence-electron chi connectivity index (χ2n) is 4.44. The van der Waals surface area contributed by atoms with Crippen LogP contribution in [0.1, 0.15) is 26.2 Å². The lowest BCUT2D eigenvalue weighted by molar-refractivity contribution is -0.119. The topological polar surface area (TPSA) is 55.6 Å². The van der Waals surface area contributed by atoms with E-state index in [0.29, 0.717) is 51.3 Å². The van der Waals surface area contributed by atoms with Gasteiger partial charge in [0.15, 0.2) is 0 Å². The van der Waals surface area contributed by atoms with Gasteiger partial charge in [0.05, 0.1) is 5.69 Å². The summed E-state index contributed by atoms with van der Waals surface area (Å²) in [7, 11) is 0. The molecule has 0 radical (unpaired) electrons. The van der Waals surface area contributed by atoms with Crippen LogP contribution in [0.5, 0.6) is 0 Å². The van der Waals surface area contributed by atoms with Crippen molar-refractivity contribution in [2.45, 2.75) is 26.2 Å². The van der Waals surface area contributed by atoms with Crippen molar-refractivity contribution < 1.29 is 13.9 Å². The van der Waals surface area contributed by atoms with Gasteiger partial charge >= 0.3 is 0 Å². The highest BCUT2D eigenvalue weighted by Crippen LogP contribution is 2.20. The summed E-state index contributed by atoms with van der Waals surface area (Å²) in [4.78, 5) is 13.7. The number of nitrogens with two attached hydrogens (primary N) is 1. The van der Waals surface area contributed by atoms with Crippen molar-refractivity contribution in [1.82, 2.24) is 0 Å². The molecule has 1 amide bonds. The predicted molar refractivity (Wildman–Crippen MR) is 78.2 cm³/mol. The molecular weight excluding hydrogens is 259 g/mol. The number of halogens is 1. The average molecular weight is 282 g/mol. The molecule has 0 aliphatic heterocycles. The van der Waals surface area contributed by atoms with Crippen LogP contribution in [0.15, 0.2) is 24.3 Å². The van der Waals surface area contributed by atoms with Gasteiger partial charge in [0, 0.05) is 26.2 Å². The van der Waals surface area contributed by atoms with Crippen molar-refractivity contribution in [2.75, 3.05) is 31.2 Å². The van der Waals surface area contributed by atoms with Crippen molar-refractivity contribution in [3.05, 3.63) is 30.1 Å².